The van der Waals surface area contributed by atoms with E-state index in [1.54, 1.807) is 42.7 Å². The Balaban J connectivity index is 2.02. The van der Waals surface area contributed by atoms with Crippen LogP contribution < -0.4 is 9.46 Å². The van der Waals surface area contributed by atoms with Crippen LogP contribution in [0.4, 0.5) is 5.69 Å². The summed E-state index contributed by atoms with van der Waals surface area (Å²) in [5.41, 5.74) is 1.22. The van der Waals surface area contributed by atoms with E-state index in [1.165, 1.54) is 30.0 Å². The van der Waals surface area contributed by atoms with Crippen molar-refractivity contribution in [2.75, 3.05) is 11.8 Å². The van der Waals surface area contributed by atoms with Crippen molar-refractivity contribution in [3.8, 4) is 11.4 Å². The average molecular weight is 387 g/mol. The molecule has 3 rings (SSSR count). The molecule has 0 unspecified atom stereocenters. The van der Waals surface area contributed by atoms with Crippen molar-refractivity contribution in [3.63, 3.8) is 0 Å². The number of hydrogen-bond donors (Lipinski definition) is 2. The summed E-state index contributed by atoms with van der Waals surface area (Å²) >= 11 is 0. The molecule has 3 aromatic rings. The molecule has 9 heteroatoms. The Bertz CT molecular complexity index is 1060. The molecule has 0 aliphatic carbocycles. The third kappa shape index (κ3) is 4.09. The molecule has 0 saturated carbocycles. The standard InChI is InChI=1S/C18H17N3O5S/c1-26-16-8-7-13(12-18(22)23)11-17(16)27(24,25)20-14-5-2-3-6-15(14)21-10-4-9-19-21/h2-11,20H,12H2,1H3,(H,22,23). The second kappa shape index (κ2) is 7.50. The van der Waals surface area contributed by atoms with Crippen molar-refractivity contribution >= 4 is 21.7 Å². The van der Waals surface area contributed by atoms with Crippen LogP contribution in [0.1, 0.15) is 5.56 Å². The lowest BCUT2D eigenvalue weighted by molar-refractivity contribution is -0.136. The zero-order valence-corrected chi connectivity index (χ0v) is 15.2. The normalized spacial score (nSPS) is 11.1. The molecule has 0 bridgehead atoms. The highest BCUT2D eigenvalue weighted by atomic mass is 32.2. The van der Waals surface area contributed by atoms with Gasteiger partial charge in [0.05, 0.1) is 24.9 Å². The molecule has 8 nitrogen and oxygen atoms in total. The molecule has 27 heavy (non-hydrogen) atoms. The van der Waals surface area contributed by atoms with Gasteiger partial charge in [-0.05, 0) is 35.9 Å². The van der Waals surface area contributed by atoms with Crippen LogP contribution in [0.2, 0.25) is 0 Å². The van der Waals surface area contributed by atoms with Crippen molar-refractivity contribution in [1.82, 2.24) is 9.78 Å². The summed E-state index contributed by atoms with van der Waals surface area (Å²) < 4.78 is 35.2. The molecule has 0 spiro atoms. The Morgan fingerprint density at radius 2 is 2.00 bits per heavy atom. The van der Waals surface area contributed by atoms with Gasteiger partial charge in [0.15, 0.2) is 0 Å². The molecule has 0 fully saturated rings. The molecule has 0 aliphatic heterocycles. The highest BCUT2D eigenvalue weighted by Gasteiger charge is 2.22. The van der Waals surface area contributed by atoms with Crippen molar-refractivity contribution in [2.45, 2.75) is 11.3 Å². The van der Waals surface area contributed by atoms with Gasteiger partial charge >= 0.3 is 5.97 Å². The van der Waals surface area contributed by atoms with E-state index in [9.17, 15) is 13.2 Å². The second-order valence-corrected chi connectivity index (χ2v) is 7.28. The number of aliphatic carboxylic acids is 1. The monoisotopic (exact) mass is 387 g/mol. The molecule has 140 valence electrons. The largest absolute Gasteiger partial charge is 0.495 e. The Morgan fingerprint density at radius 3 is 2.67 bits per heavy atom. The maximum atomic E-state index is 13.0. The predicted octanol–water partition coefficient (Wildman–Crippen LogP) is 2.31. The van der Waals surface area contributed by atoms with Gasteiger partial charge in [-0.1, -0.05) is 18.2 Å². The number of hydrogen-bond acceptors (Lipinski definition) is 5. The first kappa shape index (κ1) is 18.5. The minimum Gasteiger partial charge on any atom is -0.495 e. The smallest absolute Gasteiger partial charge is 0.307 e. The fourth-order valence-electron chi connectivity index (χ4n) is 2.59. The molecule has 0 saturated heterocycles. The van der Waals surface area contributed by atoms with E-state index in [1.807, 2.05) is 0 Å². The van der Waals surface area contributed by atoms with Gasteiger partial charge in [0, 0.05) is 12.4 Å². The van der Waals surface area contributed by atoms with E-state index >= 15 is 0 Å². The molecule has 0 atom stereocenters. The SMILES string of the molecule is COc1ccc(CC(=O)O)cc1S(=O)(=O)Nc1ccccc1-n1cccn1. The second-order valence-electron chi connectivity index (χ2n) is 5.63. The molecule has 0 aliphatic rings. The molecule has 2 N–H and O–H groups in total. The summed E-state index contributed by atoms with van der Waals surface area (Å²) in [7, 11) is -2.69. The lowest BCUT2D eigenvalue weighted by Crippen LogP contribution is -2.16. The number of anilines is 1. The first-order chi connectivity index (χ1) is 12.9. The average Bonchev–Trinajstić information content (AvgIpc) is 3.16. The van der Waals surface area contributed by atoms with Crippen molar-refractivity contribution in [3.05, 3.63) is 66.5 Å². The Morgan fingerprint density at radius 1 is 1.22 bits per heavy atom. The summed E-state index contributed by atoms with van der Waals surface area (Å²) in [6.07, 6.45) is 2.99. The lowest BCUT2D eigenvalue weighted by atomic mass is 10.1. The number of carbonyl (C=O) groups is 1. The fourth-order valence-corrected chi connectivity index (χ4v) is 3.88. The summed E-state index contributed by atoms with van der Waals surface area (Å²) in [5, 5.41) is 13.1. The molecule has 1 aromatic heterocycles. The zero-order valence-electron chi connectivity index (χ0n) is 14.4. The highest BCUT2D eigenvalue weighted by molar-refractivity contribution is 7.92. The number of sulfonamides is 1. The van der Waals surface area contributed by atoms with Crippen LogP contribution in [0.5, 0.6) is 5.75 Å². The third-order valence-electron chi connectivity index (χ3n) is 3.77. The summed E-state index contributed by atoms with van der Waals surface area (Å²) in [5.74, 6) is -0.936. The van der Waals surface area contributed by atoms with E-state index in [4.69, 9.17) is 9.84 Å². The van der Waals surface area contributed by atoms with Crippen LogP contribution in [0.15, 0.2) is 65.8 Å². The fraction of sp³-hybridized carbons (Fsp3) is 0.111. The van der Waals surface area contributed by atoms with Gasteiger partial charge in [0.25, 0.3) is 10.0 Å². The third-order valence-corrected chi connectivity index (χ3v) is 5.16. The van der Waals surface area contributed by atoms with E-state index in [-0.39, 0.29) is 17.1 Å². The van der Waals surface area contributed by atoms with Gasteiger partial charge in [-0.15, -0.1) is 0 Å². The molecule has 2 aromatic carbocycles. The van der Waals surface area contributed by atoms with Gasteiger partial charge in [-0.3, -0.25) is 9.52 Å². The van der Waals surface area contributed by atoms with Crippen molar-refractivity contribution < 1.29 is 23.1 Å². The molecule has 0 radical (unpaired) electrons. The summed E-state index contributed by atoms with van der Waals surface area (Å²) in [6, 6.07) is 12.8. The van der Waals surface area contributed by atoms with Crippen LogP contribution in [-0.4, -0.2) is 36.4 Å². The molecule has 1 heterocycles. The Hall–Kier alpha value is -3.33. The Kier molecular flexibility index (Phi) is 5.13. The predicted molar refractivity (Wildman–Crippen MR) is 98.7 cm³/mol. The number of rotatable bonds is 7. The van der Waals surface area contributed by atoms with Crippen LogP contribution in [0.25, 0.3) is 5.69 Å². The molecular weight excluding hydrogens is 370 g/mol. The van der Waals surface area contributed by atoms with Gasteiger partial charge in [0.2, 0.25) is 0 Å². The maximum absolute atomic E-state index is 13.0. The number of carboxylic acids is 1. The number of nitrogens with zero attached hydrogens (tertiary/aromatic N) is 2. The number of benzene rings is 2. The number of para-hydroxylation sites is 2. The minimum absolute atomic E-state index is 0.119. The summed E-state index contributed by atoms with van der Waals surface area (Å²) in [6.45, 7) is 0. The first-order valence-electron chi connectivity index (χ1n) is 7.91. The van der Waals surface area contributed by atoms with Crippen LogP contribution in [-0.2, 0) is 21.2 Å². The van der Waals surface area contributed by atoms with E-state index in [2.05, 4.69) is 9.82 Å². The van der Waals surface area contributed by atoms with Gasteiger partial charge in [-0.25, -0.2) is 13.1 Å². The van der Waals surface area contributed by atoms with Crippen LogP contribution in [0, 0.1) is 0 Å². The van der Waals surface area contributed by atoms with E-state index in [0.29, 0.717) is 16.9 Å². The van der Waals surface area contributed by atoms with Gasteiger partial charge < -0.3 is 9.84 Å². The number of ether oxygens (including phenoxy) is 1. The van der Waals surface area contributed by atoms with Gasteiger partial charge in [0.1, 0.15) is 10.6 Å². The quantitative estimate of drug-likeness (QED) is 0.644. The summed E-state index contributed by atoms with van der Waals surface area (Å²) in [4.78, 5) is 10.8. The van der Waals surface area contributed by atoms with Crippen LogP contribution in [0.3, 0.4) is 0 Å². The minimum atomic E-state index is -4.04. The van der Waals surface area contributed by atoms with Crippen LogP contribution >= 0.6 is 0 Å². The van der Waals surface area contributed by atoms with Crippen molar-refractivity contribution in [1.29, 1.82) is 0 Å². The van der Waals surface area contributed by atoms with E-state index in [0.717, 1.165) is 0 Å². The van der Waals surface area contributed by atoms with Gasteiger partial charge in [-0.2, -0.15) is 5.10 Å². The zero-order chi connectivity index (χ0) is 19.4. The van der Waals surface area contributed by atoms with E-state index < -0.39 is 16.0 Å². The number of methoxy groups -OCH3 is 1. The highest BCUT2D eigenvalue weighted by Crippen LogP contribution is 2.29. The molecule has 0 amide bonds. The maximum Gasteiger partial charge on any atom is 0.307 e. The lowest BCUT2D eigenvalue weighted by Gasteiger charge is -2.15. The van der Waals surface area contributed by atoms with Crippen molar-refractivity contribution in [2.24, 2.45) is 0 Å². The number of aromatic nitrogens is 2. The molecular formula is C18H17N3O5S. The first-order valence-corrected chi connectivity index (χ1v) is 9.39. The number of nitrogens with one attached hydrogen (secondary N) is 1. The topological polar surface area (TPSA) is 111 Å². The Labute approximate surface area is 156 Å². The number of carboxylic acid groups (broad SMARTS) is 1.